The number of thioether (sulfide) groups is 1. The Bertz CT molecular complexity index is 1490. The van der Waals surface area contributed by atoms with Crippen LogP contribution in [0, 0.1) is 6.92 Å². The smallest absolute Gasteiger partial charge is 0.267 e. The van der Waals surface area contributed by atoms with Crippen LogP contribution >= 0.6 is 23.1 Å². The van der Waals surface area contributed by atoms with Crippen LogP contribution in [-0.4, -0.2) is 38.6 Å². The Hall–Kier alpha value is -3.43. The first-order valence-electron chi connectivity index (χ1n) is 11.7. The lowest BCUT2D eigenvalue weighted by molar-refractivity contribution is -0.129. The third kappa shape index (κ3) is 4.94. The maximum absolute atomic E-state index is 13.9. The summed E-state index contributed by atoms with van der Waals surface area (Å²) in [7, 11) is 0. The first kappa shape index (κ1) is 24.3. The van der Waals surface area contributed by atoms with E-state index in [2.05, 4.69) is 5.32 Å². The van der Waals surface area contributed by atoms with Gasteiger partial charge in [0, 0.05) is 24.9 Å². The Labute approximate surface area is 217 Å². The molecule has 2 amide bonds. The zero-order valence-corrected chi connectivity index (χ0v) is 21.7. The third-order valence-corrected chi connectivity index (χ3v) is 8.30. The summed E-state index contributed by atoms with van der Waals surface area (Å²) in [5.74, 6) is 0.0388. The highest BCUT2D eigenvalue weighted by molar-refractivity contribution is 7.99. The van der Waals surface area contributed by atoms with Gasteiger partial charge in [0.15, 0.2) is 5.16 Å². The number of carbonyl (C=O) groups excluding carboxylic acids is 2. The van der Waals surface area contributed by atoms with Crippen molar-refractivity contribution in [2.45, 2.75) is 38.5 Å². The number of aromatic nitrogens is 2. The largest absolute Gasteiger partial charge is 0.351 e. The molecule has 5 rings (SSSR count). The molecular formula is C27H26N4O3S2. The fourth-order valence-corrected chi connectivity index (χ4v) is 6.41. The van der Waals surface area contributed by atoms with E-state index in [9.17, 15) is 14.4 Å². The Morgan fingerprint density at radius 3 is 2.58 bits per heavy atom. The van der Waals surface area contributed by atoms with Gasteiger partial charge in [0.25, 0.3) is 5.56 Å². The average molecular weight is 519 g/mol. The topological polar surface area (TPSA) is 84.3 Å². The minimum Gasteiger partial charge on any atom is -0.351 e. The van der Waals surface area contributed by atoms with Gasteiger partial charge in [-0.15, -0.1) is 11.3 Å². The first-order chi connectivity index (χ1) is 17.4. The highest BCUT2D eigenvalue weighted by atomic mass is 32.2. The fourth-order valence-electron chi connectivity index (χ4n) is 4.29. The predicted molar refractivity (Wildman–Crippen MR) is 144 cm³/mol. The summed E-state index contributed by atoms with van der Waals surface area (Å²) in [6.07, 6.45) is 0.633. The number of aryl methyl sites for hydroxylation is 1. The molecule has 9 heteroatoms. The predicted octanol–water partition coefficient (Wildman–Crippen LogP) is 4.07. The maximum Gasteiger partial charge on any atom is 0.267 e. The molecule has 0 unspecified atom stereocenters. The summed E-state index contributed by atoms with van der Waals surface area (Å²) in [5, 5.41) is 4.03. The molecule has 0 radical (unpaired) electrons. The summed E-state index contributed by atoms with van der Waals surface area (Å²) >= 11 is 2.72. The quantitative estimate of drug-likeness (QED) is 0.307. The van der Waals surface area contributed by atoms with E-state index < -0.39 is 0 Å². The van der Waals surface area contributed by atoms with Crippen molar-refractivity contribution in [3.63, 3.8) is 0 Å². The normalized spacial score (nSPS) is 13.0. The molecule has 2 aromatic carbocycles. The summed E-state index contributed by atoms with van der Waals surface area (Å²) in [6, 6.07) is 17.5. The lowest BCUT2D eigenvalue weighted by Gasteiger charge is -2.25. The van der Waals surface area contributed by atoms with E-state index in [1.54, 1.807) is 16.4 Å². The molecule has 0 fully saturated rings. The van der Waals surface area contributed by atoms with Crippen LogP contribution in [0.3, 0.4) is 0 Å². The van der Waals surface area contributed by atoms with Crippen LogP contribution in [0.25, 0.3) is 15.9 Å². The standard InChI is InChI=1S/C27H26N4O3S2/c1-17-8-10-20(11-9-17)31-26(34)24-21-12-13-30(18(2)32)15-22(21)36-25(24)29-27(31)35-16-23(33)28-14-19-6-4-3-5-7-19/h3-11H,12-16H2,1-2H3,(H,28,33). The Morgan fingerprint density at radius 2 is 1.86 bits per heavy atom. The highest BCUT2D eigenvalue weighted by Gasteiger charge is 2.26. The van der Waals surface area contributed by atoms with Crippen molar-refractivity contribution in [2.75, 3.05) is 12.3 Å². The van der Waals surface area contributed by atoms with Crippen molar-refractivity contribution in [3.05, 3.63) is 86.5 Å². The fraction of sp³-hybridized carbons (Fsp3) is 0.259. The molecule has 4 aromatic rings. The Balaban J connectivity index is 1.48. The van der Waals surface area contributed by atoms with Crippen LogP contribution < -0.4 is 10.9 Å². The molecule has 0 bridgehead atoms. The van der Waals surface area contributed by atoms with Crippen molar-refractivity contribution in [2.24, 2.45) is 0 Å². The number of rotatable bonds is 6. The number of amides is 2. The molecule has 184 valence electrons. The van der Waals surface area contributed by atoms with E-state index in [1.807, 2.05) is 61.5 Å². The monoisotopic (exact) mass is 518 g/mol. The molecule has 0 saturated carbocycles. The molecule has 7 nitrogen and oxygen atoms in total. The summed E-state index contributed by atoms with van der Waals surface area (Å²) < 4.78 is 1.61. The van der Waals surface area contributed by atoms with E-state index in [-0.39, 0.29) is 23.1 Å². The molecule has 36 heavy (non-hydrogen) atoms. The maximum atomic E-state index is 13.9. The molecule has 1 N–H and O–H groups in total. The second-order valence-corrected chi connectivity index (χ2v) is 10.8. The molecule has 0 saturated heterocycles. The number of fused-ring (bicyclic) bond motifs is 3. The zero-order valence-electron chi connectivity index (χ0n) is 20.1. The molecule has 0 spiro atoms. The van der Waals surface area contributed by atoms with Crippen LogP contribution in [0.4, 0.5) is 0 Å². The van der Waals surface area contributed by atoms with E-state index in [4.69, 9.17) is 4.98 Å². The lowest BCUT2D eigenvalue weighted by Crippen LogP contribution is -2.34. The minimum absolute atomic E-state index is 0.0286. The van der Waals surface area contributed by atoms with Crippen LogP contribution in [-0.2, 0) is 29.1 Å². The molecule has 1 aliphatic rings. The van der Waals surface area contributed by atoms with Crippen LogP contribution in [0.2, 0.25) is 0 Å². The van der Waals surface area contributed by atoms with Gasteiger partial charge in [-0.05, 0) is 36.6 Å². The Morgan fingerprint density at radius 1 is 1.11 bits per heavy atom. The van der Waals surface area contributed by atoms with Gasteiger partial charge >= 0.3 is 0 Å². The number of hydrogen-bond donors (Lipinski definition) is 1. The second kappa shape index (κ2) is 10.3. The molecule has 0 aliphatic carbocycles. The van der Waals surface area contributed by atoms with Gasteiger partial charge in [-0.25, -0.2) is 4.98 Å². The first-order valence-corrected chi connectivity index (χ1v) is 13.5. The number of thiophene rings is 1. The van der Waals surface area contributed by atoms with Crippen molar-refractivity contribution in [3.8, 4) is 5.69 Å². The number of hydrogen-bond acceptors (Lipinski definition) is 6. The number of nitrogens with one attached hydrogen (secondary N) is 1. The summed E-state index contributed by atoms with van der Waals surface area (Å²) in [6.45, 7) is 5.10. The Kier molecular flexibility index (Phi) is 6.93. The number of carbonyl (C=O) groups is 2. The van der Waals surface area contributed by atoms with Gasteiger partial charge in [-0.2, -0.15) is 0 Å². The second-order valence-electron chi connectivity index (χ2n) is 8.80. The van der Waals surface area contributed by atoms with E-state index >= 15 is 0 Å². The highest BCUT2D eigenvalue weighted by Crippen LogP contribution is 2.34. The number of nitrogens with zero attached hydrogens (tertiary/aromatic N) is 3. The van der Waals surface area contributed by atoms with Crippen LogP contribution in [0.1, 0.15) is 28.5 Å². The minimum atomic E-state index is -0.134. The van der Waals surface area contributed by atoms with Crippen LogP contribution in [0.5, 0.6) is 0 Å². The van der Waals surface area contributed by atoms with Crippen molar-refractivity contribution in [1.82, 2.24) is 19.8 Å². The molecule has 0 atom stereocenters. The molecule has 1 aliphatic heterocycles. The van der Waals surface area contributed by atoms with E-state index in [1.165, 1.54) is 23.1 Å². The zero-order chi connectivity index (χ0) is 25.2. The lowest BCUT2D eigenvalue weighted by atomic mass is 10.1. The SMILES string of the molecule is CC(=O)N1CCc2c(sc3nc(SCC(=O)NCc4ccccc4)n(-c4ccc(C)cc4)c(=O)c23)C1. The van der Waals surface area contributed by atoms with Gasteiger partial charge in [0.05, 0.1) is 23.4 Å². The molecule has 2 aromatic heterocycles. The van der Waals surface area contributed by atoms with Gasteiger partial charge in [0.1, 0.15) is 4.83 Å². The van der Waals surface area contributed by atoms with Crippen molar-refractivity contribution >= 4 is 45.1 Å². The van der Waals surface area contributed by atoms with E-state index in [0.29, 0.717) is 47.1 Å². The van der Waals surface area contributed by atoms with Gasteiger partial charge in [-0.3, -0.25) is 19.0 Å². The van der Waals surface area contributed by atoms with Gasteiger partial charge < -0.3 is 10.2 Å². The van der Waals surface area contributed by atoms with E-state index in [0.717, 1.165) is 21.6 Å². The molecule has 3 heterocycles. The summed E-state index contributed by atoms with van der Waals surface area (Å²) in [5.41, 5.74) is 3.68. The molecular weight excluding hydrogens is 492 g/mol. The van der Waals surface area contributed by atoms with Gasteiger partial charge in [0.2, 0.25) is 11.8 Å². The summed E-state index contributed by atoms with van der Waals surface area (Å²) in [4.78, 5) is 46.7. The van der Waals surface area contributed by atoms with Crippen molar-refractivity contribution < 1.29 is 9.59 Å². The van der Waals surface area contributed by atoms with Crippen LogP contribution in [0.15, 0.2) is 64.5 Å². The van der Waals surface area contributed by atoms with Gasteiger partial charge in [-0.1, -0.05) is 59.8 Å². The number of benzene rings is 2. The van der Waals surface area contributed by atoms with Crippen molar-refractivity contribution in [1.29, 1.82) is 0 Å². The average Bonchev–Trinajstić information content (AvgIpc) is 3.25. The third-order valence-electron chi connectivity index (χ3n) is 6.25.